The molecule has 0 saturated carbocycles. The van der Waals surface area contributed by atoms with E-state index < -0.39 is 33.0 Å². The van der Waals surface area contributed by atoms with Crippen LogP contribution >= 0.6 is 0 Å². The first-order valence-electron chi connectivity index (χ1n) is 9.13. The van der Waals surface area contributed by atoms with Crippen LogP contribution in [0.25, 0.3) is 11.1 Å². The molecule has 30 heavy (non-hydrogen) atoms. The molecule has 0 unspecified atom stereocenters. The Morgan fingerprint density at radius 1 is 1.00 bits per heavy atom. The van der Waals surface area contributed by atoms with Gasteiger partial charge in [0.25, 0.3) is 11.4 Å². The van der Waals surface area contributed by atoms with Crippen LogP contribution in [0.2, 0.25) is 0 Å². The number of hydrogen-bond acceptors (Lipinski definition) is 8. The van der Waals surface area contributed by atoms with Crippen LogP contribution in [0.1, 0.15) is 43.5 Å². The van der Waals surface area contributed by atoms with Gasteiger partial charge < -0.3 is 4.84 Å². The summed E-state index contributed by atoms with van der Waals surface area (Å²) in [5.74, 6) is -0.969. The van der Waals surface area contributed by atoms with Gasteiger partial charge in [-0.15, -0.1) is 0 Å². The summed E-state index contributed by atoms with van der Waals surface area (Å²) in [5, 5.41) is 25.8. The summed E-state index contributed by atoms with van der Waals surface area (Å²) >= 11 is 0. The first-order valence-corrected chi connectivity index (χ1v) is 9.13. The van der Waals surface area contributed by atoms with Gasteiger partial charge in [-0.2, -0.15) is 0 Å². The maximum Gasteiger partial charge on any atom is 0.335 e. The van der Waals surface area contributed by atoms with Crippen molar-refractivity contribution < 1.29 is 24.3 Å². The van der Waals surface area contributed by atoms with Crippen molar-refractivity contribution in [1.29, 1.82) is 0 Å². The molecule has 0 spiro atoms. The third-order valence-electron chi connectivity index (χ3n) is 4.16. The van der Waals surface area contributed by atoms with Crippen LogP contribution in [-0.2, 0) is 9.63 Å². The summed E-state index contributed by atoms with van der Waals surface area (Å²) in [6.07, 6.45) is 1.03. The summed E-state index contributed by atoms with van der Waals surface area (Å²) in [6, 6.07) is 9.27. The van der Waals surface area contributed by atoms with Crippen molar-refractivity contribution in [2.75, 3.05) is 0 Å². The normalized spacial score (nSPS) is 11.1. The van der Waals surface area contributed by atoms with E-state index in [2.05, 4.69) is 5.16 Å². The molecule has 0 saturated heterocycles. The van der Waals surface area contributed by atoms with Crippen molar-refractivity contribution in [2.45, 2.75) is 33.1 Å². The number of nitro benzene ring substituents is 2. The Hall–Kier alpha value is -3.95. The number of nitrogens with zero attached hydrogens (tertiary/aromatic N) is 3. The van der Waals surface area contributed by atoms with E-state index in [-0.39, 0.29) is 29.7 Å². The zero-order chi connectivity index (χ0) is 22.3. The van der Waals surface area contributed by atoms with E-state index in [1.807, 2.05) is 6.92 Å². The third-order valence-corrected chi connectivity index (χ3v) is 4.16. The van der Waals surface area contributed by atoms with Crippen molar-refractivity contribution in [3.05, 3.63) is 68.3 Å². The second-order valence-electron chi connectivity index (χ2n) is 6.23. The van der Waals surface area contributed by atoms with Gasteiger partial charge in [-0.05, 0) is 24.5 Å². The molecular weight excluding hydrogens is 394 g/mol. The molecule has 10 heteroatoms. The maximum atomic E-state index is 12.6. The highest BCUT2D eigenvalue weighted by Crippen LogP contribution is 2.33. The number of benzene rings is 2. The van der Waals surface area contributed by atoms with Crippen LogP contribution in [0.3, 0.4) is 0 Å². The monoisotopic (exact) mass is 413 g/mol. The van der Waals surface area contributed by atoms with Gasteiger partial charge in [-0.25, -0.2) is 4.79 Å². The fraction of sp³-hybridized carbons (Fsp3) is 0.250. The fourth-order valence-electron chi connectivity index (χ4n) is 2.62. The number of rotatable bonds is 9. The molecule has 0 aromatic heterocycles. The second-order valence-corrected chi connectivity index (χ2v) is 6.23. The van der Waals surface area contributed by atoms with Gasteiger partial charge in [-0.1, -0.05) is 43.3 Å². The third kappa shape index (κ3) is 5.31. The Bertz CT molecular complexity index is 1010. The van der Waals surface area contributed by atoms with Gasteiger partial charge in [0.15, 0.2) is 0 Å². The Balaban J connectivity index is 2.31. The quantitative estimate of drug-likeness (QED) is 0.194. The van der Waals surface area contributed by atoms with E-state index in [1.54, 1.807) is 6.92 Å². The average Bonchev–Trinajstić information content (AvgIpc) is 2.73. The molecule has 0 aliphatic carbocycles. The van der Waals surface area contributed by atoms with Crippen molar-refractivity contribution in [2.24, 2.45) is 5.16 Å². The highest BCUT2D eigenvalue weighted by atomic mass is 16.7. The summed E-state index contributed by atoms with van der Waals surface area (Å²) in [6.45, 7) is 3.51. The van der Waals surface area contributed by atoms with E-state index in [4.69, 9.17) is 4.84 Å². The number of nitro groups is 2. The van der Waals surface area contributed by atoms with Gasteiger partial charge in [0, 0.05) is 18.1 Å². The molecule has 156 valence electrons. The van der Waals surface area contributed by atoms with E-state index in [9.17, 15) is 29.8 Å². The predicted molar refractivity (Wildman–Crippen MR) is 108 cm³/mol. The molecule has 2 rings (SSSR count). The average molecular weight is 413 g/mol. The molecule has 2 aromatic carbocycles. The molecule has 0 radical (unpaired) electrons. The molecule has 0 amide bonds. The number of hydrogen-bond donors (Lipinski definition) is 0. The first kappa shape index (κ1) is 22.3. The number of carbonyl (C=O) groups is 2. The van der Waals surface area contributed by atoms with Crippen molar-refractivity contribution >= 4 is 28.8 Å². The maximum absolute atomic E-state index is 12.6. The molecule has 0 N–H and O–H groups in total. The topological polar surface area (TPSA) is 142 Å². The molecule has 10 nitrogen and oxygen atoms in total. The number of non-ortho nitro benzene ring substituents is 1. The number of carbonyl (C=O) groups excluding carboxylic acids is 2. The highest BCUT2D eigenvalue weighted by Gasteiger charge is 2.21. The number of oxime groups is 1. The lowest BCUT2D eigenvalue weighted by molar-refractivity contribution is -0.393. The molecule has 0 bridgehead atoms. The van der Waals surface area contributed by atoms with Crippen LogP contribution in [0.15, 0.2) is 47.6 Å². The molecule has 0 heterocycles. The Morgan fingerprint density at radius 2 is 1.67 bits per heavy atom. The van der Waals surface area contributed by atoms with E-state index in [0.717, 1.165) is 6.07 Å². The van der Waals surface area contributed by atoms with E-state index in [0.29, 0.717) is 12.0 Å². The van der Waals surface area contributed by atoms with Gasteiger partial charge >= 0.3 is 5.97 Å². The number of Topliss-reactive ketones (excluding diaryl/α,β-unsaturated/α-hetero) is 1. The minimum Gasteiger partial charge on any atom is -0.318 e. The largest absolute Gasteiger partial charge is 0.335 e. The lowest BCUT2D eigenvalue weighted by Gasteiger charge is -2.06. The van der Waals surface area contributed by atoms with Crippen molar-refractivity contribution in [3.63, 3.8) is 0 Å². The van der Waals surface area contributed by atoms with Gasteiger partial charge in [0.1, 0.15) is 5.71 Å². The van der Waals surface area contributed by atoms with Crippen molar-refractivity contribution in [3.8, 4) is 11.1 Å². The smallest absolute Gasteiger partial charge is 0.318 e. The predicted octanol–water partition coefficient (Wildman–Crippen LogP) is 4.46. The highest BCUT2D eigenvalue weighted by molar-refractivity contribution is 6.45. The first-order chi connectivity index (χ1) is 14.3. The van der Waals surface area contributed by atoms with Gasteiger partial charge in [0.05, 0.1) is 21.5 Å². The Labute approximate surface area is 171 Å². The minimum atomic E-state index is -0.711. The summed E-state index contributed by atoms with van der Waals surface area (Å²) in [5.41, 5.74) is 0.115. The van der Waals surface area contributed by atoms with Gasteiger partial charge in [0.2, 0.25) is 5.78 Å². The summed E-state index contributed by atoms with van der Waals surface area (Å²) < 4.78 is 0. The molecule has 0 aliphatic heterocycles. The second kappa shape index (κ2) is 10.0. The Morgan fingerprint density at radius 3 is 2.20 bits per heavy atom. The minimum absolute atomic E-state index is 0.0634. The molecule has 0 aliphatic rings. The standard InChI is InChI=1S/C20H19N3O7/c1-3-5-19(24)30-21-17(4-2)20(25)14-8-6-13(7-9-14)16-11-10-15(22(26)27)12-18(16)23(28)29/h6-12H,3-5H2,1-2H3/b21-17-. The summed E-state index contributed by atoms with van der Waals surface area (Å²) in [4.78, 5) is 49.5. The van der Waals surface area contributed by atoms with E-state index in [1.165, 1.54) is 36.4 Å². The Kier molecular flexibility index (Phi) is 7.45. The fourth-order valence-corrected chi connectivity index (χ4v) is 2.62. The van der Waals surface area contributed by atoms with Crippen LogP contribution in [0.4, 0.5) is 11.4 Å². The van der Waals surface area contributed by atoms with Crippen LogP contribution < -0.4 is 0 Å². The zero-order valence-electron chi connectivity index (χ0n) is 16.4. The molecule has 0 atom stereocenters. The van der Waals surface area contributed by atoms with Gasteiger partial charge in [-0.3, -0.25) is 25.0 Å². The van der Waals surface area contributed by atoms with Crippen LogP contribution in [0, 0.1) is 20.2 Å². The molecule has 2 aromatic rings. The zero-order valence-corrected chi connectivity index (χ0v) is 16.4. The number of ketones is 1. The molecule has 0 fully saturated rings. The summed E-state index contributed by atoms with van der Waals surface area (Å²) in [7, 11) is 0. The van der Waals surface area contributed by atoms with Crippen LogP contribution in [0.5, 0.6) is 0 Å². The SMILES string of the molecule is CCCC(=O)O/N=C(/CC)C(=O)c1ccc(-c2ccc([N+](=O)[O-])cc2[N+](=O)[O-])cc1. The van der Waals surface area contributed by atoms with Crippen LogP contribution in [-0.4, -0.2) is 27.3 Å². The van der Waals surface area contributed by atoms with Crippen molar-refractivity contribution in [1.82, 2.24) is 0 Å². The van der Waals surface area contributed by atoms with E-state index >= 15 is 0 Å². The lowest BCUT2D eigenvalue weighted by Crippen LogP contribution is -2.15. The molecular formula is C20H19N3O7. The lowest BCUT2D eigenvalue weighted by atomic mass is 9.99.